The van der Waals surface area contributed by atoms with Gasteiger partial charge in [0.15, 0.2) is 0 Å². The minimum atomic E-state index is 0.0746. The number of aromatic nitrogens is 2. The van der Waals surface area contributed by atoms with E-state index in [0.29, 0.717) is 19.4 Å². The van der Waals surface area contributed by atoms with E-state index in [1.165, 1.54) is 0 Å². The van der Waals surface area contributed by atoms with Crippen LogP contribution in [-0.2, 0) is 16.0 Å². The average molecular weight is 251 g/mol. The van der Waals surface area contributed by atoms with E-state index < -0.39 is 0 Å². The maximum Gasteiger partial charge on any atom is 0.220 e. The predicted octanol–water partition coefficient (Wildman–Crippen LogP) is 1.25. The van der Waals surface area contributed by atoms with Crippen molar-refractivity contribution < 1.29 is 9.53 Å². The van der Waals surface area contributed by atoms with E-state index in [-0.39, 0.29) is 12.0 Å². The van der Waals surface area contributed by atoms with Crippen molar-refractivity contribution in [3.05, 3.63) is 17.0 Å². The summed E-state index contributed by atoms with van der Waals surface area (Å²) in [5.41, 5.74) is 3.21. The Kier molecular flexibility index (Phi) is 4.36. The molecule has 2 N–H and O–H groups in total. The third-order valence-corrected chi connectivity index (χ3v) is 3.49. The summed E-state index contributed by atoms with van der Waals surface area (Å²) in [6.45, 7) is 5.48. The van der Waals surface area contributed by atoms with Gasteiger partial charge in [-0.3, -0.25) is 9.89 Å². The Morgan fingerprint density at radius 1 is 1.56 bits per heavy atom. The number of nitrogens with zero attached hydrogens (tertiary/aromatic N) is 1. The molecular formula is C13H21N3O2. The SMILES string of the molecule is Cc1[nH]nc(CCC(=O)NC[C@@H]2CCCO2)c1C. The molecule has 1 fully saturated rings. The number of H-pyrrole nitrogens is 1. The van der Waals surface area contributed by atoms with Crippen LogP contribution in [0.4, 0.5) is 0 Å². The minimum absolute atomic E-state index is 0.0746. The first-order valence-corrected chi connectivity index (χ1v) is 6.55. The maximum atomic E-state index is 11.7. The van der Waals surface area contributed by atoms with Gasteiger partial charge in [0, 0.05) is 31.7 Å². The minimum Gasteiger partial charge on any atom is -0.376 e. The molecule has 1 aromatic heterocycles. The highest BCUT2D eigenvalue weighted by Gasteiger charge is 2.16. The molecule has 0 spiro atoms. The third-order valence-electron chi connectivity index (χ3n) is 3.49. The van der Waals surface area contributed by atoms with Crippen LogP contribution in [0.2, 0.25) is 0 Å². The lowest BCUT2D eigenvalue weighted by Crippen LogP contribution is -2.31. The lowest BCUT2D eigenvalue weighted by atomic mass is 10.1. The van der Waals surface area contributed by atoms with Crippen molar-refractivity contribution in [2.24, 2.45) is 0 Å². The van der Waals surface area contributed by atoms with Gasteiger partial charge in [0.2, 0.25) is 5.91 Å². The first-order chi connectivity index (χ1) is 8.66. The third kappa shape index (κ3) is 3.32. The molecule has 0 bridgehead atoms. The Balaban J connectivity index is 1.69. The summed E-state index contributed by atoms with van der Waals surface area (Å²) >= 11 is 0. The molecule has 1 aliphatic rings. The van der Waals surface area contributed by atoms with Gasteiger partial charge in [-0.2, -0.15) is 5.10 Å². The van der Waals surface area contributed by atoms with Crippen LogP contribution in [0.25, 0.3) is 0 Å². The molecule has 0 saturated carbocycles. The highest BCUT2D eigenvalue weighted by molar-refractivity contribution is 5.76. The van der Waals surface area contributed by atoms with E-state index in [9.17, 15) is 4.79 Å². The second-order valence-corrected chi connectivity index (χ2v) is 4.86. The summed E-state index contributed by atoms with van der Waals surface area (Å²) < 4.78 is 5.46. The Morgan fingerprint density at radius 3 is 3.00 bits per heavy atom. The van der Waals surface area contributed by atoms with Crippen LogP contribution in [0.15, 0.2) is 0 Å². The lowest BCUT2D eigenvalue weighted by molar-refractivity contribution is -0.121. The van der Waals surface area contributed by atoms with Gasteiger partial charge >= 0.3 is 0 Å². The van der Waals surface area contributed by atoms with Crippen LogP contribution < -0.4 is 5.32 Å². The fraction of sp³-hybridized carbons (Fsp3) is 0.692. The molecule has 0 radical (unpaired) electrons. The van der Waals surface area contributed by atoms with Crippen molar-refractivity contribution in [3.8, 4) is 0 Å². The lowest BCUT2D eigenvalue weighted by Gasteiger charge is -2.10. The molecule has 1 atom stereocenters. The van der Waals surface area contributed by atoms with Gasteiger partial charge in [0.25, 0.3) is 0 Å². The quantitative estimate of drug-likeness (QED) is 0.827. The number of hydrogen-bond acceptors (Lipinski definition) is 3. The molecule has 0 unspecified atom stereocenters. The van der Waals surface area contributed by atoms with Gasteiger partial charge < -0.3 is 10.1 Å². The maximum absolute atomic E-state index is 11.7. The zero-order chi connectivity index (χ0) is 13.0. The van der Waals surface area contributed by atoms with Crippen LogP contribution in [-0.4, -0.2) is 35.4 Å². The van der Waals surface area contributed by atoms with Crippen molar-refractivity contribution in [1.29, 1.82) is 0 Å². The van der Waals surface area contributed by atoms with E-state index in [1.807, 2.05) is 13.8 Å². The number of carbonyl (C=O) groups is 1. The summed E-state index contributed by atoms with van der Waals surface area (Å²) in [5.74, 6) is 0.0746. The van der Waals surface area contributed by atoms with Crippen molar-refractivity contribution in [1.82, 2.24) is 15.5 Å². The molecular weight excluding hydrogens is 230 g/mol. The highest BCUT2D eigenvalue weighted by Crippen LogP contribution is 2.12. The van der Waals surface area contributed by atoms with Gasteiger partial charge in [-0.1, -0.05) is 0 Å². The molecule has 0 aliphatic carbocycles. The van der Waals surface area contributed by atoms with Gasteiger partial charge in [-0.15, -0.1) is 0 Å². The number of nitrogens with one attached hydrogen (secondary N) is 2. The van der Waals surface area contributed by atoms with Crippen molar-refractivity contribution in [2.75, 3.05) is 13.2 Å². The fourth-order valence-electron chi connectivity index (χ4n) is 2.13. The van der Waals surface area contributed by atoms with E-state index >= 15 is 0 Å². The summed E-state index contributed by atoms with van der Waals surface area (Å²) in [7, 11) is 0. The molecule has 18 heavy (non-hydrogen) atoms. The van der Waals surface area contributed by atoms with Crippen molar-refractivity contribution in [3.63, 3.8) is 0 Å². The normalized spacial score (nSPS) is 19.1. The molecule has 1 amide bonds. The fourth-order valence-corrected chi connectivity index (χ4v) is 2.13. The zero-order valence-corrected chi connectivity index (χ0v) is 11.1. The smallest absolute Gasteiger partial charge is 0.220 e. The van der Waals surface area contributed by atoms with Crippen molar-refractivity contribution >= 4 is 5.91 Å². The Morgan fingerprint density at radius 2 is 2.39 bits per heavy atom. The second kappa shape index (κ2) is 6.00. The summed E-state index contributed by atoms with van der Waals surface area (Å²) in [4.78, 5) is 11.7. The number of ether oxygens (including phenoxy) is 1. The first kappa shape index (κ1) is 13.1. The van der Waals surface area contributed by atoms with Gasteiger partial charge in [0.1, 0.15) is 0 Å². The van der Waals surface area contributed by atoms with Gasteiger partial charge in [-0.05, 0) is 32.3 Å². The summed E-state index contributed by atoms with van der Waals surface area (Å²) in [6.07, 6.45) is 3.54. The van der Waals surface area contributed by atoms with E-state index in [0.717, 1.165) is 36.4 Å². The molecule has 5 nitrogen and oxygen atoms in total. The number of aromatic amines is 1. The van der Waals surface area contributed by atoms with Crippen molar-refractivity contribution in [2.45, 2.75) is 45.6 Å². The molecule has 2 rings (SSSR count). The zero-order valence-electron chi connectivity index (χ0n) is 11.1. The first-order valence-electron chi connectivity index (χ1n) is 6.55. The number of hydrogen-bond donors (Lipinski definition) is 2. The Bertz CT molecular complexity index is 408. The van der Waals surface area contributed by atoms with Crippen LogP contribution in [0.1, 0.15) is 36.2 Å². The molecule has 2 heterocycles. The largest absolute Gasteiger partial charge is 0.376 e. The molecule has 100 valence electrons. The van der Waals surface area contributed by atoms with Gasteiger partial charge in [0.05, 0.1) is 11.8 Å². The monoisotopic (exact) mass is 251 g/mol. The standard InChI is InChI=1S/C13H21N3O2/c1-9-10(2)15-16-12(9)5-6-13(17)14-8-11-4-3-7-18-11/h11H,3-8H2,1-2H3,(H,14,17)(H,15,16)/t11-/m0/s1. The number of aryl methyl sites for hydroxylation is 2. The van der Waals surface area contributed by atoms with E-state index in [2.05, 4.69) is 15.5 Å². The average Bonchev–Trinajstić information content (AvgIpc) is 2.97. The molecule has 5 heteroatoms. The topological polar surface area (TPSA) is 67.0 Å². The Labute approximate surface area is 107 Å². The predicted molar refractivity (Wildman–Crippen MR) is 68.4 cm³/mol. The second-order valence-electron chi connectivity index (χ2n) is 4.86. The van der Waals surface area contributed by atoms with Crippen LogP contribution in [0.5, 0.6) is 0 Å². The Hall–Kier alpha value is -1.36. The van der Waals surface area contributed by atoms with Crippen LogP contribution in [0.3, 0.4) is 0 Å². The van der Waals surface area contributed by atoms with E-state index in [1.54, 1.807) is 0 Å². The van der Waals surface area contributed by atoms with Crippen LogP contribution >= 0.6 is 0 Å². The summed E-state index contributed by atoms with van der Waals surface area (Å²) in [5, 5.41) is 10.1. The highest BCUT2D eigenvalue weighted by atomic mass is 16.5. The number of amides is 1. The van der Waals surface area contributed by atoms with Gasteiger partial charge in [-0.25, -0.2) is 0 Å². The molecule has 0 aromatic carbocycles. The van der Waals surface area contributed by atoms with Crippen LogP contribution in [0, 0.1) is 13.8 Å². The molecule has 1 aliphatic heterocycles. The number of carbonyl (C=O) groups excluding carboxylic acids is 1. The molecule has 1 saturated heterocycles. The molecule has 1 aromatic rings. The summed E-state index contributed by atoms with van der Waals surface area (Å²) in [6, 6.07) is 0. The number of rotatable bonds is 5. The van der Waals surface area contributed by atoms with E-state index in [4.69, 9.17) is 4.74 Å².